The highest BCUT2D eigenvalue weighted by atomic mass is 79.9. The van der Waals surface area contributed by atoms with Crippen LogP contribution in [0.1, 0.15) is 19.3 Å². The summed E-state index contributed by atoms with van der Waals surface area (Å²) in [6.45, 7) is 5.56. The van der Waals surface area contributed by atoms with Gasteiger partial charge in [0.15, 0.2) is 0 Å². The minimum atomic E-state index is 1.03. The molecule has 73 valence electrons. The summed E-state index contributed by atoms with van der Waals surface area (Å²) in [4.78, 5) is 2.52. The van der Waals surface area contributed by atoms with Gasteiger partial charge in [-0.3, -0.25) is 4.90 Å². The molecule has 1 heterocycles. The summed E-state index contributed by atoms with van der Waals surface area (Å²) in [6, 6.07) is 0. The van der Waals surface area contributed by atoms with Crippen molar-refractivity contribution < 1.29 is 0 Å². The summed E-state index contributed by atoms with van der Waals surface area (Å²) >= 11 is 3.66. The van der Waals surface area contributed by atoms with Crippen LogP contribution in [-0.2, 0) is 0 Å². The summed E-state index contributed by atoms with van der Waals surface area (Å²) in [5.74, 6) is 0. The van der Waals surface area contributed by atoms with Gasteiger partial charge in [0.1, 0.15) is 0 Å². The van der Waals surface area contributed by atoms with Gasteiger partial charge in [0.25, 0.3) is 0 Å². The van der Waals surface area contributed by atoms with E-state index in [-0.39, 0.29) is 0 Å². The van der Waals surface area contributed by atoms with Crippen molar-refractivity contribution in [3.8, 4) is 0 Å². The largest absolute Gasteiger partial charge is 0.297 e. The van der Waals surface area contributed by atoms with E-state index >= 15 is 0 Å². The molecule has 1 fully saturated rings. The highest BCUT2D eigenvalue weighted by Crippen LogP contribution is 2.30. The van der Waals surface area contributed by atoms with Crippen molar-refractivity contribution in [1.82, 2.24) is 10.2 Å². The van der Waals surface area contributed by atoms with Gasteiger partial charge >= 0.3 is 0 Å². The van der Waals surface area contributed by atoms with E-state index in [0.717, 1.165) is 26.2 Å². The van der Waals surface area contributed by atoms with Crippen LogP contribution < -0.4 is 5.32 Å². The predicted octanol–water partition coefficient (Wildman–Crippen LogP) is 1.74. The molecule has 3 heteroatoms. The second-order valence-electron chi connectivity index (χ2n) is 3.81. The molecule has 1 radical (unpaired) electrons. The number of piperazine rings is 1. The van der Waals surface area contributed by atoms with E-state index in [4.69, 9.17) is 0 Å². The first-order valence-electron chi connectivity index (χ1n) is 5.08. The van der Waals surface area contributed by atoms with E-state index in [0.29, 0.717) is 0 Å². The van der Waals surface area contributed by atoms with E-state index in [1.54, 1.807) is 5.57 Å². The predicted molar refractivity (Wildman–Crippen MR) is 58.1 cm³/mol. The number of rotatable bonds is 2. The van der Waals surface area contributed by atoms with Crippen LogP contribution in [0.4, 0.5) is 0 Å². The lowest BCUT2D eigenvalue weighted by Gasteiger charge is -2.26. The van der Waals surface area contributed by atoms with Gasteiger partial charge < -0.3 is 0 Å². The first-order chi connectivity index (χ1) is 6.36. The number of hydrogen-bond donors (Lipinski definition) is 0. The quantitative estimate of drug-likeness (QED) is 0.723. The zero-order valence-electron chi connectivity index (χ0n) is 7.93. The molecular formula is C10H16BrN2. The summed E-state index contributed by atoms with van der Waals surface area (Å²) in [7, 11) is 0. The molecule has 1 aliphatic heterocycles. The standard InChI is InChI=1S/C10H16BrN2/c11-10-3-1-2-9(10)8-13-6-4-12-5-7-13/h1-8H2. The maximum absolute atomic E-state index is 4.35. The van der Waals surface area contributed by atoms with Crippen molar-refractivity contribution in [1.29, 1.82) is 0 Å². The van der Waals surface area contributed by atoms with Crippen LogP contribution in [0, 0.1) is 0 Å². The molecule has 2 aliphatic rings. The van der Waals surface area contributed by atoms with Crippen molar-refractivity contribution in [3.63, 3.8) is 0 Å². The zero-order chi connectivity index (χ0) is 9.10. The number of allylic oxidation sites excluding steroid dienone is 1. The molecule has 0 saturated carbocycles. The molecule has 0 spiro atoms. The molecule has 0 amide bonds. The first kappa shape index (κ1) is 9.69. The van der Waals surface area contributed by atoms with Crippen molar-refractivity contribution in [2.75, 3.05) is 32.7 Å². The second kappa shape index (κ2) is 4.58. The molecule has 1 saturated heterocycles. The number of nitrogens with zero attached hydrogens (tertiary/aromatic N) is 2. The zero-order valence-corrected chi connectivity index (χ0v) is 9.52. The third-order valence-electron chi connectivity index (χ3n) is 2.82. The van der Waals surface area contributed by atoms with Gasteiger partial charge in [-0.2, -0.15) is 0 Å². The van der Waals surface area contributed by atoms with Crippen LogP contribution in [0.5, 0.6) is 0 Å². The summed E-state index contributed by atoms with van der Waals surface area (Å²) < 4.78 is 1.47. The van der Waals surface area contributed by atoms with Gasteiger partial charge in [0.05, 0.1) is 0 Å². The van der Waals surface area contributed by atoms with Gasteiger partial charge in [-0.05, 0) is 29.3 Å². The smallest absolute Gasteiger partial charge is 0.0261 e. The summed E-state index contributed by atoms with van der Waals surface area (Å²) in [5.41, 5.74) is 1.63. The third kappa shape index (κ3) is 2.55. The molecule has 0 aromatic heterocycles. The molecule has 0 aromatic rings. The highest BCUT2D eigenvalue weighted by Gasteiger charge is 2.17. The van der Waals surface area contributed by atoms with E-state index in [9.17, 15) is 0 Å². The van der Waals surface area contributed by atoms with Gasteiger partial charge in [0, 0.05) is 32.7 Å². The van der Waals surface area contributed by atoms with E-state index in [1.165, 1.54) is 30.3 Å². The fourth-order valence-electron chi connectivity index (χ4n) is 2.01. The molecule has 2 nitrogen and oxygen atoms in total. The number of halogens is 1. The average molecular weight is 244 g/mol. The van der Waals surface area contributed by atoms with E-state index in [2.05, 4.69) is 26.1 Å². The average Bonchev–Trinajstić information content (AvgIpc) is 2.54. The minimum Gasteiger partial charge on any atom is -0.297 e. The van der Waals surface area contributed by atoms with Crippen molar-refractivity contribution in [3.05, 3.63) is 10.1 Å². The fraction of sp³-hybridized carbons (Fsp3) is 0.800. The maximum atomic E-state index is 4.35. The summed E-state index contributed by atoms with van der Waals surface area (Å²) in [6.07, 6.45) is 3.90. The molecular weight excluding hydrogens is 228 g/mol. The van der Waals surface area contributed by atoms with Crippen molar-refractivity contribution >= 4 is 15.9 Å². The number of hydrogen-bond acceptors (Lipinski definition) is 1. The molecule has 0 atom stereocenters. The Hall–Kier alpha value is 0.140. The Labute approximate surface area is 88.5 Å². The normalized spacial score (nSPS) is 25.6. The molecule has 0 N–H and O–H groups in total. The van der Waals surface area contributed by atoms with E-state index in [1.807, 2.05) is 0 Å². The lowest BCUT2D eigenvalue weighted by Crippen LogP contribution is -2.41. The van der Waals surface area contributed by atoms with Gasteiger partial charge in [-0.15, -0.1) is 0 Å². The van der Waals surface area contributed by atoms with Crippen LogP contribution in [0.3, 0.4) is 0 Å². The van der Waals surface area contributed by atoms with Crippen LogP contribution in [0.15, 0.2) is 10.1 Å². The maximum Gasteiger partial charge on any atom is 0.0261 e. The molecule has 1 aliphatic carbocycles. The van der Waals surface area contributed by atoms with Crippen LogP contribution in [0.25, 0.3) is 0 Å². The molecule has 0 unspecified atom stereocenters. The first-order valence-corrected chi connectivity index (χ1v) is 5.87. The van der Waals surface area contributed by atoms with E-state index < -0.39 is 0 Å². The van der Waals surface area contributed by atoms with Crippen molar-refractivity contribution in [2.24, 2.45) is 0 Å². The van der Waals surface area contributed by atoms with Gasteiger partial charge in [0.2, 0.25) is 0 Å². The SMILES string of the molecule is BrC1=C(CN2CC[N]CC2)CCC1. The topological polar surface area (TPSA) is 17.3 Å². The Bertz CT molecular complexity index is 207. The molecule has 0 aromatic carbocycles. The third-order valence-corrected chi connectivity index (χ3v) is 3.78. The monoisotopic (exact) mass is 243 g/mol. The molecule has 13 heavy (non-hydrogen) atoms. The van der Waals surface area contributed by atoms with Crippen molar-refractivity contribution in [2.45, 2.75) is 19.3 Å². The summed E-state index contributed by atoms with van der Waals surface area (Å²) in [5, 5.41) is 4.35. The Kier molecular flexibility index (Phi) is 3.41. The lowest BCUT2D eigenvalue weighted by atomic mass is 10.2. The fourth-order valence-corrected chi connectivity index (χ4v) is 2.61. The van der Waals surface area contributed by atoms with Crippen LogP contribution in [-0.4, -0.2) is 37.6 Å². The van der Waals surface area contributed by atoms with Gasteiger partial charge in [-0.1, -0.05) is 15.9 Å². The second-order valence-corrected chi connectivity index (χ2v) is 4.77. The minimum absolute atomic E-state index is 1.03. The highest BCUT2D eigenvalue weighted by molar-refractivity contribution is 9.11. The van der Waals surface area contributed by atoms with Gasteiger partial charge in [-0.25, -0.2) is 5.32 Å². The van der Waals surface area contributed by atoms with Crippen LogP contribution >= 0.6 is 15.9 Å². The molecule has 0 bridgehead atoms. The Morgan fingerprint density at radius 3 is 2.62 bits per heavy atom. The Morgan fingerprint density at radius 1 is 1.23 bits per heavy atom. The van der Waals surface area contributed by atoms with Crippen LogP contribution in [0.2, 0.25) is 0 Å². The lowest BCUT2D eigenvalue weighted by molar-refractivity contribution is 0.255. The Balaban J connectivity index is 1.85. The Morgan fingerprint density at radius 2 is 2.00 bits per heavy atom. The molecule has 2 rings (SSSR count).